The number of rotatable bonds is 9. The van der Waals surface area contributed by atoms with Gasteiger partial charge in [0.05, 0.1) is 12.6 Å². The molecule has 0 saturated carbocycles. The summed E-state index contributed by atoms with van der Waals surface area (Å²) in [6.45, 7) is 7.23. The topological polar surface area (TPSA) is 57.1 Å². The van der Waals surface area contributed by atoms with Gasteiger partial charge in [-0.2, -0.15) is 0 Å². The molecule has 0 fully saturated rings. The Hall–Kier alpha value is -0.523. The van der Waals surface area contributed by atoms with E-state index < -0.39 is 9.53 Å². The molecular weight excluding hydrogens is 214 g/mol. The van der Waals surface area contributed by atoms with Crippen molar-refractivity contribution >= 4 is 15.6 Å². The van der Waals surface area contributed by atoms with Crippen LogP contribution >= 0.6 is 0 Å². The molecule has 0 bridgehead atoms. The second-order valence-electron chi connectivity index (χ2n) is 2.82. The van der Waals surface area contributed by atoms with Gasteiger partial charge in [0.25, 0.3) is 0 Å². The summed E-state index contributed by atoms with van der Waals surface area (Å²) in [6.07, 6.45) is 2.28. The molecule has 0 amide bonds. The van der Waals surface area contributed by atoms with Gasteiger partial charge in [0, 0.05) is 13.2 Å². The van der Waals surface area contributed by atoms with E-state index in [2.05, 4.69) is 4.99 Å². The van der Waals surface area contributed by atoms with Crippen LogP contribution in [0.2, 0.25) is 0 Å². The first-order valence-electron chi connectivity index (χ1n) is 5.20. The van der Waals surface area contributed by atoms with E-state index in [0.717, 1.165) is 6.42 Å². The molecule has 0 N–H and O–H groups in total. The Bertz CT molecular complexity index is 191. The van der Waals surface area contributed by atoms with Gasteiger partial charge in [0.2, 0.25) is 6.08 Å². The number of carbonyl (C=O) groups excluding carboxylic acids is 1. The summed E-state index contributed by atoms with van der Waals surface area (Å²) in [5.74, 6) is 0. The van der Waals surface area contributed by atoms with Crippen LogP contribution in [0.1, 0.15) is 27.2 Å². The van der Waals surface area contributed by atoms with Crippen LogP contribution in [0.15, 0.2) is 4.99 Å². The Morgan fingerprint density at radius 3 is 2.20 bits per heavy atom. The van der Waals surface area contributed by atoms with Crippen molar-refractivity contribution < 1.29 is 18.1 Å². The fraction of sp³-hybridized carbons (Fsp3) is 0.889. The fourth-order valence-corrected chi connectivity index (χ4v) is 2.14. The van der Waals surface area contributed by atoms with Crippen LogP contribution in [0.3, 0.4) is 0 Å². The molecule has 0 aromatic rings. The maximum Gasteiger partial charge on any atom is 0.484 e. The molecule has 0 saturated heterocycles. The predicted octanol–water partition coefficient (Wildman–Crippen LogP) is 0.908. The molecular formula is C9H19NO4Si. The van der Waals surface area contributed by atoms with Gasteiger partial charge in [0.15, 0.2) is 0 Å². The minimum atomic E-state index is -2.02. The van der Waals surface area contributed by atoms with Gasteiger partial charge in [-0.05, 0) is 20.3 Å². The molecule has 1 atom stereocenters. The average molecular weight is 233 g/mol. The smallest absolute Gasteiger partial charge is 0.376 e. The maximum atomic E-state index is 10.1. The Morgan fingerprint density at radius 1 is 1.20 bits per heavy atom. The van der Waals surface area contributed by atoms with Crippen molar-refractivity contribution in [3.05, 3.63) is 0 Å². The second kappa shape index (κ2) is 10.0. The first-order chi connectivity index (χ1) is 7.28. The molecule has 6 heteroatoms. The third-order valence-electron chi connectivity index (χ3n) is 1.74. The van der Waals surface area contributed by atoms with Gasteiger partial charge in [-0.25, -0.2) is 9.79 Å². The van der Waals surface area contributed by atoms with Crippen molar-refractivity contribution in [1.82, 2.24) is 0 Å². The van der Waals surface area contributed by atoms with Crippen molar-refractivity contribution in [3.63, 3.8) is 0 Å². The lowest BCUT2D eigenvalue weighted by Crippen LogP contribution is -2.30. The van der Waals surface area contributed by atoms with E-state index >= 15 is 0 Å². The van der Waals surface area contributed by atoms with Crippen LogP contribution in [0.5, 0.6) is 0 Å². The lowest BCUT2D eigenvalue weighted by molar-refractivity contribution is 0.0965. The maximum absolute atomic E-state index is 10.1. The zero-order chi connectivity index (χ0) is 11.5. The molecule has 0 aliphatic heterocycles. The van der Waals surface area contributed by atoms with E-state index in [0.29, 0.717) is 19.8 Å². The van der Waals surface area contributed by atoms with Crippen LogP contribution in [0.4, 0.5) is 0 Å². The zero-order valence-corrected chi connectivity index (χ0v) is 10.7. The van der Waals surface area contributed by atoms with Crippen molar-refractivity contribution in [2.24, 2.45) is 4.99 Å². The monoisotopic (exact) mass is 233 g/mol. The molecule has 0 aromatic heterocycles. The molecule has 15 heavy (non-hydrogen) atoms. The zero-order valence-electron chi connectivity index (χ0n) is 9.56. The Kier molecular flexibility index (Phi) is 9.66. The van der Waals surface area contributed by atoms with E-state index in [-0.39, 0.29) is 6.04 Å². The molecule has 0 heterocycles. The first kappa shape index (κ1) is 14.5. The van der Waals surface area contributed by atoms with E-state index in [1.54, 1.807) is 0 Å². The average Bonchev–Trinajstić information content (AvgIpc) is 2.24. The van der Waals surface area contributed by atoms with Crippen LogP contribution < -0.4 is 0 Å². The van der Waals surface area contributed by atoms with Crippen molar-refractivity contribution in [2.45, 2.75) is 33.2 Å². The third kappa shape index (κ3) is 7.41. The number of aliphatic imine (C=N–C) groups is 1. The molecule has 1 unspecified atom stereocenters. The van der Waals surface area contributed by atoms with Gasteiger partial charge in [0.1, 0.15) is 0 Å². The first-order valence-corrected chi connectivity index (χ1v) is 6.61. The highest BCUT2D eigenvalue weighted by atomic mass is 28.3. The Morgan fingerprint density at radius 2 is 1.80 bits per heavy atom. The molecule has 5 nitrogen and oxygen atoms in total. The molecule has 0 spiro atoms. The summed E-state index contributed by atoms with van der Waals surface area (Å²) in [4.78, 5) is 13.7. The quantitative estimate of drug-likeness (QED) is 0.337. The minimum absolute atomic E-state index is 0.140. The molecule has 0 aliphatic carbocycles. The summed E-state index contributed by atoms with van der Waals surface area (Å²) in [6, 6.07) is -0.140. The van der Waals surface area contributed by atoms with Crippen molar-refractivity contribution in [2.75, 3.05) is 19.8 Å². The fourth-order valence-electron chi connectivity index (χ4n) is 0.927. The highest BCUT2D eigenvalue weighted by molar-refractivity contribution is 6.36. The lowest BCUT2D eigenvalue weighted by Gasteiger charge is -2.16. The van der Waals surface area contributed by atoms with Gasteiger partial charge in [-0.15, -0.1) is 0 Å². The summed E-state index contributed by atoms with van der Waals surface area (Å²) in [5.41, 5.74) is 0. The van der Waals surface area contributed by atoms with Crippen molar-refractivity contribution in [3.8, 4) is 0 Å². The summed E-state index contributed by atoms with van der Waals surface area (Å²) >= 11 is 0. The highest BCUT2D eigenvalue weighted by Gasteiger charge is 2.16. The number of hydrogen-bond donors (Lipinski definition) is 0. The molecule has 0 aromatic carbocycles. The van der Waals surface area contributed by atoms with E-state index in [4.69, 9.17) is 13.3 Å². The number of isocyanates is 1. The number of hydrogen-bond acceptors (Lipinski definition) is 5. The van der Waals surface area contributed by atoms with Gasteiger partial charge in [-0.3, -0.25) is 0 Å². The molecule has 0 aliphatic rings. The summed E-state index contributed by atoms with van der Waals surface area (Å²) in [7, 11) is -2.02. The standard InChI is InChI=1S/C9H19NO4Si/c1-4-9(10-8-11)7-14-15(12-5-2)13-6-3/h9,15H,4-7H2,1-3H3. The second-order valence-corrected chi connectivity index (χ2v) is 4.39. The Labute approximate surface area is 92.4 Å². The molecule has 0 rings (SSSR count). The SMILES string of the molecule is CCO[SiH](OCC)OCC(CC)N=C=O. The van der Waals surface area contributed by atoms with E-state index in [1.165, 1.54) is 6.08 Å². The van der Waals surface area contributed by atoms with E-state index in [9.17, 15) is 4.79 Å². The minimum Gasteiger partial charge on any atom is -0.376 e. The van der Waals surface area contributed by atoms with Crippen LogP contribution in [0, 0.1) is 0 Å². The van der Waals surface area contributed by atoms with E-state index in [1.807, 2.05) is 20.8 Å². The highest BCUT2D eigenvalue weighted by Crippen LogP contribution is 2.00. The predicted molar refractivity (Wildman–Crippen MR) is 58.6 cm³/mol. The molecule has 0 radical (unpaired) electrons. The van der Waals surface area contributed by atoms with Crippen molar-refractivity contribution in [1.29, 1.82) is 0 Å². The Balaban J connectivity index is 3.88. The molecule has 88 valence electrons. The summed E-state index contributed by atoms with van der Waals surface area (Å²) < 4.78 is 16.1. The summed E-state index contributed by atoms with van der Waals surface area (Å²) in [5, 5.41) is 0. The van der Waals surface area contributed by atoms with Gasteiger partial charge < -0.3 is 13.3 Å². The number of nitrogens with zero attached hydrogens (tertiary/aromatic N) is 1. The largest absolute Gasteiger partial charge is 0.484 e. The van der Waals surface area contributed by atoms with Gasteiger partial charge in [-0.1, -0.05) is 6.92 Å². The lowest BCUT2D eigenvalue weighted by atomic mass is 10.3. The third-order valence-corrected chi connectivity index (χ3v) is 3.41. The van der Waals surface area contributed by atoms with Crippen LogP contribution in [0.25, 0.3) is 0 Å². The van der Waals surface area contributed by atoms with Gasteiger partial charge >= 0.3 is 9.53 Å². The van der Waals surface area contributed by atoms with Crippen LogP contribution in [-0.4, -0.2) is 41.5 Å². The van der Waals surface area contributed by atoms with Crippen LogP contribution in [-0.2, 0) is 18.1 Å². The normalized spacial score (nSPS) is 12.5.